The third-order valence-electron chi connectivity index (χ3n) is 3.38. The highest BCUT2D eigenvalue weighted by molar-refractivity contribution is 6.16. The second-order valence-corrected chi connectivity index (χ2v) is 5.22. The van der Waals surface area contributed by atoms with Crippen molar-refractivity contribution in [1.82, 2.24) is 4.98 Å². The molecule has 0 spiro atoms. The molecule has 1 aromatic heterocycles. The summed E-state index contributed by atoms with van der Waals surface area (Å²) in [7, 11) is 0. The Hall–Kier alpha value is -2.22. The topological polar surface area (TPSA) is 25.2 Å². The molecular weight excluding hydrogens is 232 g/mol. The van der Waals surface area contributed by atoms with Gasteiger partial charge in [0.25, 0.3) is 0 Å². The van der Waals surface area contributed by atoms with Crippen LogP contribution in [-0.4, -0.2) is 16.2 Å². The fourth-order valence-corrected chi connectivity index (χ4v) is 2.42. The highest BCUT2D eigenvalue weighted by Gasteiger charge is 2.29. The van der Waals surface area contributed by atoms with Crippen LogP contribution in [0.1, 0.15) is 25.0 Å². The quantitative estimate of drug-likeness (QED) is 0.794. The molecule has 2 aromatic rings. The van der Waals surface area contributed by atoms with Crippen LogP contribution in [0.2, 0.25) is 0 Å². The number of hydrogen-bond donors (Lipinski definition) is 0. The lowest BCUT2D eigenvalue weighted by molar-refractivity contribution is 0.689. The molecule has 0 radical (unpaired) electrons. The maximum atomic E-state index is 4.83. The van der Waals surface area contributed by atoms with Crippen LogP contribution in [0.4, 0.5) is 0 Å². The van der Waals surface area contributed by atoms with Gasteiger partial charge in [-0.3, -0.25) is 9.98 Å². The number of aliphatic imine (C=N–C) groups is 1. The molecule has 0 bridgehead atoms. The van der Waals surface area contributed by atoms with Gasteiger partial charge in [-0.1, -0.05) is 30.3 Å². The Kier molecular flexibility index (Phi) is 2.79. The van der Waals surface area contributed by atoms with Crippen molar-refractivity contribution in [1.29, 1.82) is 0 Å². The van der Waals surface area contributed by atoms with Gasteiger partial charge in [0, 0.05) is 18.0 Å². The SMILES string of the molecule is CC1(C)N=C(c2cccnc2)C=C1c1ccccc1. The predicted molar refractivity (Wildman–Crippen MR) is 79.3 cm³/mol. The Morgan fingerprint density at radius 3 is 2.32 bits per heavy atom. The van der Waals surface area contributed by atoms with Crippen molar-refractivity contribution in [2.75, 3.05) is 0 Å². The van der Waals surface area contributed by atoms with Gasteiger partial charge in [0.2, 0.25) is 0 Å². The van der Waals surface area contributed by atoms with Crippen LogP contribution in [-0.2, 0) is 0 Å². The van der Waals surface area contributed by atoms with Crippen LogP contribution in [0.5, 0.6) is 0 Å². The van der Waals surface area contributed by atoms with Crippen LogP contribution < -0.4 is 0 Å². The van der Waals surface area contributed by atoms with Crippen molar-refractivity contribution in [3.8, 4) is 0 Å². The van der Waals surface area contributed by atoms with Crippen LogP contribution in [0.3, 0.4) is 0 Å². The third kappa shape index (κ3) is 2.22. The van der Waals surface area contributed by atoms with Gasteiger partial charge in [-0.25, -0.2) is 0 Å². The molecule has 2 heteroatoms. The average molecular weight is 248 g/mol. The maximum Gasteiger partial charge on any atom is 0.0814 e. The molecule has 0 amide bonds. The molecule has 0 saturated carbocycles. The molecule has 0 fully saturated rings. The predicted octanol–water partition coefficient (Wildman–Crippen LogP) is 3.75. The van der Waals surface area contributed by atoms with Crippen LogP contribution in [0, 0.1) is 0 Å². The van der Waals surface area contributed by atoms with Gasteiger partial charge >= 0.3 is 0 Å². The first-order chi connectivity index (χ1) is 9.17. The van der Waals surface area contributed by atoms with E-state index < -0.39 is 0 Å². The molecule has 1 aliphatic rings. The van der Waals surface area contributed by atoms with Gasteiger partial charge < -0.3 is 0 Å². The zero-order valence-electron chi connectivity index (χ0n) is 11.2. The summed E-state index contributed by atoms with van der Waals surface area (Å²) < 4.78 is 0. The summed E-state index contributed by atoms with van der Waals surface area (Å²) in [6.07, 6.45) is 5.82. The zero-order valence-corrected chi connectivity index (χ0v) is 11.2. The Morgan fingerprint density at radius 1 is 0.895 bits per heavy atom. The number of nitrogens with zero attached hydrogens (tertiary/aromatic N) is 2. The van der Waals surface area contributed by atoms with E-state index in [2.05, 4.69) is 49.2 Å². The first-order valence-corrected chi connectivity index (χ1v) is 6.45. The zero-order chi connectivity index (χ0) is 13.3. The van der Waals surface area contributed by atoms with Crippen molar-refractivity contribution < 1.29 is 0 Å². The number of rotatable bonds is 2. The van der Waals surface area contributed by atoms with E-state index >= 15 is 0 Å². The van der Waals surface area contributed by atoms with E-state index in [1.165, 1.54) is 11.1 Å². The minimum absolute atomic E-state index is 0.188. The number of hydrogen-bond acceptors (Lipinski definition) is 2. The molecule has 3 rings (SSSR count). The molecule has 0 unspecified atom stereocenters. The third-order valence-corrected chi connectivity index (χ3v) is 3.38. The van der Waals surface area contributed by atoms with Crippen molar-refractivity contribution in [2.45, 2.75) is 19.4 Å². The molecule has 19 heavy (non-hydrogen) atoms. The van der Waals surface area contributed by atoms with E-state index in [1.807, 2.05) is 24.4 Å². The van der Waals surface area contributed by atoms with Gasteiger partial charge in [-0.05, 0) is 43.2 Å². The summed E-state index contributed by atoms with van der Waals surface area (Å²) in [5, 5.41) is 0. The Bertz CT molecular complexity index is 637. The minimum Gasteiger partial charge on any atom is -0.274 e. The Morgan fingerprint density at radius 2 is 1.63 bits per heavy atom. The van der Waals surface area contributed by atoms with Gasteiger partial charge in [0.1, 0.15) is 0 Å². The number of aromatic nitrogens is 1. The van der Waals surface area contributed by atoms with Crippen molar-refractivity contribution >= 4 is 11.3 Å². The van der Waals surface area contributed by atoms with E-state index in [9.17, 15) is 0 Å². The van der Waals surface area contributed by atoms with Crippen molar-refractivity contribution in [3.63, 3.8) is 0 Å². The molecule has 1 aromatic carbocycles. The number of benzene rings is 1. The molecule has 0 N–H and O–H groups in total. The van der Waals surface area contributed by atoms with Gasteiger partial charge in [0.15, 0.2) is 0 Å². The van der Waals surface area contributed by atoms with Crippen molar-refractivity contribution in [3.05, 3.63) is 72.1 Å². The van der Waals surface area contributed by atoms with Crippen LogP contribution in [0.15, 0.2) is 65.9 Å². The highest BCUT2D eigenvalue weighted by Crippen LogP contribution is 2.35. The van der Waals surface area contributed by atoms with E-state index in [1.54, 1.807) is 6.20 Å². The van der Waals surface area contributed by atoms with Gasteiger partial charge in [-0.2, -0.15) is 0 Å². The molecule has 1 aliphatic heterocycles. The molecule has 0 aliphatic carbocycles. The normalized spacial score (nSPS) is 16.9. The van der Waals surface area contributed by atoms with Crippen molar-refractivity contribution in [2.24, 2.45) is 4.99 Å². The van der Waals surface area contributed by atoms with E-state index in [-0.39, 0.29) is 5.54 Å². The standard InChI is InChI=1S/C17H16N2/c1-17(2)15(13-7-4-3-5-8-13)11-16(19-17)14-9-6-10-18-12-14/h3-12H,1-2H3. The monoisotopic (exact) mass is 248 g/mol. The Balaban J connectivity index is 2.05. The molecular formula is C17H16N2. The Labute approximate surface area is 113 Å². The van der Waals surface area contributed by atoms with Gasteiger partial charge in [-0.15, -0.1) is 0 Å². The molecule has 2 heterocycles. The van der Waals surface area contributed by atoms with E-state index in [0.717, 1.165) is 11.3 Å². The minimum atomic E-state index is -0.188. The lowest BCUT2D eigenvalue weighted by atomic mass is 9.90. The average Bonchev–Trinajstić information content (AvgIpc) is 2.77. The molecule has 0 saturated heterocycles. The lowest BCUT2D eigenvalue weighted by Gasteiger charge is -2.19. The van der Waals surface area contributed by atoms with E-state index in [4.69, 9.17) is 4.99 Å². The highest BCUT2D eigenvalue weighted by atomic mass is 14.9. The summed E-state index contributed by atoms with van der Waals surface area (Å²) in [6, 6.07) is 14.4. The summed E-state index contributed by atoms with van der Waals surface area (Å²) in [5.74, 6) is 0. The first kappa shape index (κ1) is 11.8. The van der Waals surface area contributed by atoms with Gasteiger partial charge in [0.05, 0.1) is 11.3 Å². The summed E-state index contributed by atoms with van der Waals surface area (Å²) in [6.45, 7) is 4.30. The number of pyridine rings is 1. The summed E-state index contributed by atoms with van der Waals surface area (Å²) >= 11 is 0. The summed E-state index contributed by atoms with van der Waals surface area (Å²) in [4.78, 5) is 9.00. The maximum absolute atomic E-state index is 4.83. The second-order valence-electron chi connectivity index (χ2n) is 5.22. The largest absolute Gasteiger partial charge is 0.274 e. The second kappa shape index (κ2) is 4.47. The fraction of sp³-hybridized carbons (Fsp3) is 0.176. The lowest BCUT2D eigenvalue weighted by Crippen LogP contribution is -2.16. The molecule has 2 nitrogen and oxygen atoms in total. The summed E-state index contributed by atoms with van der Waals surface area (Å²) in [5.41, 5.74) is 4.38. The van der Waals surface area contributed by atoms with E-state index in [0.29, 0.717) is 0 Å². The van der Waals surface area contributed by atoms with Crippen LogP contribution in [0.25, 0.3) is 5.57 Å². The molecule has 0 atom stereocenters. The fourth-order valence-electron chi connectivity index (χ4n) is 2.42. The smallest absolute Gasteiger partial charge is 0.0814 e. The van der Waals surface area contributed by atoms with Crippen LogP contribution >= 0.6 is 0 Å². The molecule has 94 valence electrons. The number of allylic oxidation sites excluding steroid dienone is 1. The first-order valence-electron chi connectivity index (χ1n) is 6.45.